The molecule has 0 radical (unpaired) electrons. The number of nitrogens with zero attached hydrogens (tertiary/aromatic N) is 5. The van der Waals surface area contributed by atoms with Gasteiger partial charge in [0.15, 0.2) is 0 Å². The van der Waals surface area contributed by atoms with E-state index in [1.165, 1.54) is 0 Å². The van der Waals surface area contributed by atoms with Crippen molar-refractivity contribution in [3.63, 3.8) is 0 Å². The van der Waals surface area contributed by atoms with Gasteiger partial charge in [0, 0.05) is 53.9 Å². The van der Waals surface area contributed by atoms with Gasteiger partial charge in [-0.1, -0.05) is 146 Å². The maximum atomic E-state index is 11.8. The van der Waals surface area contributed by atoms with Crippen LogP contribution >= 0.6 is 0 Å². The topological polar surface area (TPSA) is 88.7 Å². The quantitative estimate of drug-likeness (QED) is 0.172. The standard InChI is InChI=1S/C68H37N5O2/c69-38-44-35-45(39-70)67(73-55-30-28-43(41-17-5-2-6-18-41)37-51(55)63-57(73)32-34-61-65(63)49-22-10-14-26-59(49)75-61)68(71-52-23-11-7-19-46(52)47-20-8-12-24-53(47)71)66(44)72-54-29-27-42(40-15-3-1-4-16-40)36-50(54)62-56(72)31-33-60-64(62)48-21-9-13-25-58(48)74-60/h1-37H. The zero-order chi connectivity index (χ0) is 49.5. The van der Waals surface area contributed by atoms with E-state index in [0.29, 0.717) is 28.2 Å². The van der Waals surface area contributed by atoms with E-state index >= 15 is 0 Å². The zero-order valence-corrected chi connectivity index (χ0v) is 39.9. The van der Waals surface area contributed by atoms with E-state index in [0.717, 1.165) is 132 Å². The van der Waals surface area contributed by atoms with Crippen LogP contribution in [0.5, 0.6) is 0 Å². The number of fused-ring (bicyclic) bond motifs is 17. The van der Waals surface area contributed by atoms with E-state index < -0.39 is 0 Å². The van der Waals surface area contributed by atoms with Gasteiger partial charge in [-0.05, 0) is 101 Å². The fourth-order valence-corrected chi connectivity index (χ4v) is 12.4. The minimum Gasteiger partial charge on any atom is -0.456 e. The minimum atomic E-state index is 0.352. The third-order valence-corrected chi connectivity index (χ3v) is 15.5. The molecule has 0 aliphatic heterocycles. The number of hydrogen-bond acceptors (Lipinski definition) is 4. The van der Waals surface area contributed by atoms with Gasteiger partial charge in [0.05, 0.1) is 61.3 Å². The first-order valence-corrected chi connectivity index (χ1v) is 25.0. The van der Waals surface area contributed by atoms with E-state index in [9.17, 15) is 10.5 Å². The Morgan fingerprint density at radius 3 is 1.09 bits per heavy atom. The van der Waals surface area contributed by atoms with Gasteiger partial charge in [-0.2, -0.15) is 10.5 Å². The summed E-state index contributed by atoms with van der Waals surface area (Å²) in [6.45, 7) is 0. The predicted molar refractivity (Wildman–Crippen MR) is 304 cm³/mol. The summed E-state index contributed by atoms with van der Waals surface area (Å²) in [7, 11) is 0. The van der Waals surface area contributed by atoms with Crippen molar-refractivity contribution in [3.05, 3.63) is 236 Å². The number of nitriles is 2. The molecular weight excluding hydrogens is 919 g/mol. The van der Waals surface area contributed by atoms with E-state index in [2.05, 4.69) is 208 Å². The molecule has 0 fully saturated rings. The first-order chi connectivity index (χ1) is 37.1. The van der Waals surface area contributed by atoms with Crippen LogP contribution < -0.4 is 0 Å². The van der Waals surface area contributed by atoms with E-state index in [4.69, 9.17) is 8.83 Å². The number of aromatic nitrogens is 3. The lowest BCUT2D eigenvalue weighted by Crippen LogP contribution is -2.13. The molecule has 0 saturated carbocycles. The Morgan fingerprint density at radius 1 is 0.267 bits per heavy atom. The Hall–Kier alpha value is -10.6. The molecule has 11 aromatic carbocycles. The van der Waals surface area contributed by atoms with Crippen molar-refractivity contribution in [2.24, 2.45) is 0 Å². The average Bonchev–Trinajstić information content (AvgIpc) is 4.34. The summed E-state index contributed by atoms with van der Waals surface area (Å²) in [5.41, 5.74) is 15.6. The van der Waals surface area contributed by atoms with Crippen LogP contribution in [0.15, 0.2) is 233 Å². The van der Waals surface area contributed by atoms with Crippen LogP contribution in [0.1, 0.15) is 11.1 Å². The van der Waals surface area contributed by atoms with Gasteiger partial charge in [-0.3, -0.25) is 0 Å². The van der Waals surface area contributed by atoms with Crippen LogP contribution in [-0.2, 0) is 0 Å². The summed E-state index contributed by atoms with van der Waals surface area (Å²) in [6.07, 6.45) is 0. The highest BCUT2D eigenvalue weighted by Crippen LogP contribution is 2.49. The fraction of sp³-hybridized carbons (Fsp3) is 0. The zero-order valence-electron chi connectivity index (χ0n) is 39.9. The molecular formula is C68H37N5O2. The van der Waals surface area contributed by atoms with Gasteiger partial charge in [0.25, 0.3) is 0 Å². The summed E-state index contributed by atoms with van der Waals surface area (Å²) >= 11 is 0. The molecule has 0 aliphatic rings. The van der Waals surface area contributed by atoms with Gasteiger partial charge in [0.2, 0.25) is 0 Å². The predicted octanol–water partition coefficient (Wildman–Crippen LogP) is 17.9. The van der Waals surface area contributed by atoms with Crippen LogP contribution in [0.4, 0.5) is 0 Å². The highest BCUT2D eigenvalue weighted by molar-refractivity contribution is 6.30. The summed E-state index contributed by atoms with van der Waals surface area (Å²) in [6, 6.07) is 83.0. The van der Waals surface area contributed by atoms with Crippen molar-refractivity contribution in [1.29, 1.82) is 10.5 Å². The second-order valence-electron chi connectivity index (χ2n) is 19.3. The van der Waals surface area contributed by atoms with Crippen molar-refractivity contribution < 1.29 is 8.83 Å². The molecule has 0 aliphatic carbocycles. The molecule has 16 aromatic rings. The molecule has 0 bridgehead atoms. The molecule has 346 valence electrons. The highest BCUT2D eigenvalue weighted by atomic mass is 16.3. The molecule has 0 saturated heterocycles. The summed E-state index contributed by atoms with van der Waals surface area (Å²) in [5, 5.41) is 33.7. The van der Waals surface area contributed by atoms with Gasteiger partial charge < -0.3 is 22.5 Å². The Kier molecular flexibility index (Phi) is 8.46. The largest absolute Gasteiger partial charge is 0.456 e. The molecule has 7 nitrogen and oxygen atoms in total. The maximum absolute atomic E-state index is 11.8. The van der Waals surface area contributed by atoms with Crippen LogP contribution in [0.3, 0.4) is 0 Å². The number of benzene rings is 11. The number of para-hydroxylation sites is 4. The van der Waals surface area contributed by atoms with Crippen molar-refractivity contribution in [3.8, 4) is 51.5 Å². The maximum Gasteiger partial charge on any atom is 0.136 e. The molecule has 0 unspecified atom stereocenters. The first-order valence-electron chi connectivity index (χ1n) is 25.0. The molecule has 0 spiro atoms. The summed E-state index contributed by atoms with van der Waals surface area (Å²) < 4.78 is 20.1. The third-order valence-electron chi connectivity index (χ3n) is 15.5. The minimum absolute atomic E-state index is 0.352. The molecule has 7 heteroatoms. The van der Waals surface area contributed by atoms with Crippen LogP contribution in [0.25, 0.3) is 149 Å². The second kappa shape index (κ2) is 15.5. The molecule has 0 N–H and O–H groups in total. The molecule has 16 rings (SSSR count). The Bertz CT molecular complexity index is 4890. The highest BCUT2D eigenvalue weighted by Gasteiger charge is 2.31. The van der Waals surface area contributed by atoms with Gasteiger partial charge in [-0.25, -0.2) is 0 Å². The summed E-state index contributed by atoms with van der Waals surface area (Å²) in [5.74, 6) is 0. The smallest absolute Gasteiger partial charge is 0.136 e. The van der Waals surface area contributed by atoms with Gasteiger partial charge in [0.1, 0.15) is 34.5 Å². The molecule has 5 aromatic heterocycles. The first kappa shape index (κ1) is 41.1. The third kappa shape index (κ3) is 5.67. The lowest BCUT2D eigenvalue weighted by Gasteiger charge is -2.24. The second-order valence-corrected chi connectivity index (χ2v) is 19.3. The van der Waals surface area contributed by atoms with Crippen molar-refractivity contribution in [1.82, 2.24) is 13.7 Å². The lowest BCUT2D eigenvalue weighted by atomic mass is 10.0. The monoisotopic (exact) mass is 955 g/mol. The Morgan fingerprint density at radius 2 is 0.640 bits per heavy atom. The van der Waals surface area contributed by atoms with Gasteiger partial charge >= 0.3 is 0 Å². The molecule has 75 heavy (non-hydrogen) atoms. The van der Waals surface area contributed by atoms with E-state index in [-0.39, 0.29) is 0 Å². The molecule has 0 atom stereocenters. The van der Waals surface area contributed by atoms with Crippen LogP contribution in [0.2, 0.25) is 0 Å². The molecule has 5 heterocycles. The number of furan rings is 2. The Labute approximate surface area is 427 Å². The molecule has 0 amide bonds. The number of hydrogen-bond donors (Lipinski definition) is 0. The lowest BCUT2D eigenvalue weighted by molar-refractivity contribution is 0.669. The summed E-state index contributed by atoms with van der Waals surface area (Å²) in [4.78, 5) is 0. The van der Waals surface area contributed by atoms with Crippen molar-refractivity contribution in [2.45, 2.75) is 0 Å². The van der Waals surface area contributed by atoms with Crippen LogP contribution in [0, 0.1) is 22.7 Å². The van der Waals surface area contributed by atoms with Crippen molar-refractivity contribution in [2.75, 3.05) is 0 Å². The average molecular weight is 956 g/mol. The van der Waals surface area contributed by atoms with Crippen molar-refractivity contribution >= 4 is 109 Å². The van der Waals surface area contributed by atoms with Gasteiger partial charge in [-0.15, -0.1) is 0 Å². The SMILES string of the molecule is N#Cc1cc(C#N)c(-n2c3ccc(-c4ccccc4)cc3c3c4c(ccc32)oc2ccccc24)c(-n2c3ccccc3c3ccccc32)c1-n1c2ccc(-c3ccccc3)cc2c2c3c(ccc21)oc1ccccc13. The van der Waals surface area contributed by atoms with E-state index in [1.807, 2.05) is 36.4 Å². The fourth-order valence-electron chi connectivity index (χ4n) is 12.4. The Balaban J connectivity index is 1.15. The number of rotatable bonds is 5. The van der Waals surface area contributed by atoms with E-state index in [1.54, 1.807) is 6.07 Å². The van der Waals surface area contributed by atoms with Crippen LogP contribution in [-0.4, -0.2) is 13.7 Å². The normalized spacial score (nSPS) is 12.0.